The van der Waals surface area contributed by atoms with Crippen molar-refractivity contribution >= 4 is 11.6 Å². The van der Waals surface area contributed by atoms with Crippen molar-refractivity contribution in [2.24, 2.45) is 5.92 Å². The molecule has 0 aromatic heterocycles. The second kappa shape index (κ2) is 3.69. The Balaban J connectivity index is 2.23. The van der Waals surface area contributed by atoms with Gasteiger partial charge in [-0.1, -0.05) is 17.7 Å². The molecule has 2 heteroatoms. The van der Waals surface area contributed by atoms with Gasteiger partial charge in [0, 0.05) is 11.6 Å². The zero-order chi connectivity index (χ0) is 11.0. The predicted molar refractivity (Wildman–Crippen MR) is 62.0 cm³/mol. The molecule has 0 aliphatic heterocycles. The molecule has 0 unspecified atom stereocenters. The van der Waals surface area contributed by atoms with E-state index in [0.29, 0.717) is 0 Å². The largest absolute Gasteiger partial charge is 0.325 e. The highest BCUT2D eigenvalue weighted by Gasteiger charge is 2.29. The van der Waals surface area contributed by atoms with Crippen LogP contribution in [0, 0.1) is 26.7 Å². The van der Waals surface area contributed by atoms with Crippen LogP contribution in [0.15, 0.2) is 12.1 Å². The maximum atomic E-state index is 11.7. The van der Waals surface area contributed by atoms with Crippen molar-refractivity contribution in [3.63, 3.8) is 0 Å². The topological polar surface area (TPSA) is 29.1 Å². The van der Waals surface area contributed by atoms with Gasteiger partial charge >= 0.3 is 0 Å². The molecule has 1 N–H and O–H groups in total. The summed E-state index contributed by atoms with van der Waals surface area (Å²) in [5.41, 5.74) is 4.55. The summed E-state index contributed by atoms with van der Waals surface area (Å²) in [6, 6.07) is 4.21. The van der Waals surface area contributed by atoms with Gasteiger partial charge in [0.25, 0.3) is 0 Å². The summed E-state index contributed by atoms with van der Waals surface area (Å²) in [4.78, 5) is 11.7. The molecule has 15 heavy (non-hydrogen) atoms. The number of carbonyl (C=O) groups is 1. The van der Waals surface area contributed by atoms with Crippen molar-refractivity contribution in [3.05, 3.63) is 28.8 Å². The van der Waals surface area contributed by atoms with Gasteiger partial charge < -0.3 is 5.32 Å². The van der Waals surface area contributed by atoms with E-state index < -0.39 is 0 Å². The van der Waals surface area contributed by atoms with Gasteiger partial charge in [0.1, 0.15) is 0 Å². The van der Waals surface area contributed by atoms with Crippen LogP contribution < -0.4 is 5.32 Å². The number of amides is 1. The Bertz CT molecular complexity index is 382. The molecule has 1 fully saturated rings. The van der Waals surface area contributed by atoms with Crippen molar-refractivity contribution in [1.82, 2.24) is 0 Å². The Morgan fingerprint density at radius 1 is 1.20 bits per heavy atom. The molecule has 1 aromatic carbocycles. The highest BCUT2D eigenvalue weighted by Crippen LogP contribution is 2.31. The first-order chi connectivity index (χ1) is 7.08. The van der Waals surface area contributed by atoms with Crippen LogP contribution in [0.4, 0.5) is 5.69 Å². The van der Waals surface area contributed by atoms with Crippen molar-refractivity contribution in [3.8, 4) is 0 Å². The number of hydrogen-bond donors (Lipinski definition) is 1. The molecule has 1 aliphatic rings. The highest BCUT2D eigenvalue weighted by atomic mass is 16.2. The van der Waals surface area contributed by atoms with E-state index in [1.54, 1.807) is 0 Å². The monoisotopic (exact) mass is 203 g/mol. The SMILES string of the molecule is Cc1cc(C)c(NC(=O)C2CC2)c(C)c1. The van der Waals surface area contributed by atoms with E-state index in [-0.39, 0.29) is 11.8 Å². The second-order valence-electron chi connectivity index (χ2n) is 4.54. The second-order valence-corrected chi connectivity index (χ2v) is 4.54. The van der Waals surface area contributed by atoms with Crippen LogP contribution in [0.1, 0.15) is 29.5 Å². The Kier molecular flexibility index (Phi) is 2.51. The van der Waals surface area contributed by atoms with Crippen molar-refractivity contribution in [2.45, 2.75) is 33.6 Å². The maximum Gasteiger partial charge on any atom is 0.227 e. The minimum Gasteiger partial charge on any atom is -0.325 e. The molecule has 1 aliphatic carbocycles. The average molecular weight is 203 g/mol. The predicted octanol–water partition coefficient (Wildman–Crippen LogP) is 2.96. The van der Waals surface area contributed by atoms with Crippen molar-refractivity contribution in [2.75, 3.05) is 5.32 Å². The van der Waals surface area contributed by atoms with Crippen LogP contribution in [0.25, 0.3) is 0 Å². The average Bonchev–Trinajstić information content (AvgIpc) is 2.93. The third-order valence-electron chi connectivity index (χ3n) is 2.87. The van der Waals surface area contributed by atoms with E-state index in [1.165, 1.54) is 5.56 Å². The molecule has 1 amide bonds. The summed E-state index contributed by atoms with van der Waals surface area (Å²) >= 11 is 0. The zero-order valence-electron chi connectivity index (χ0n) is 9.55. The molecule has 0 atom stereocenters. The molecular weight excluding hydrogens is 186 g/mol. The van der Waals surface area contributed by atoms with Gasteiger partial charge in [-0.2, -0.15) is 0 Å². The van der Waals surface area contributed by atoms with Gasteiger partial charge in [-0.3, -0.25) is 4.79 Å². The molecule has 2 nitrogen and oxygen atoms in total. The van der Waals surface area contributed by atoms with E-state index in [1.807, 2.05) is 13.8 Å². The minimum atomic E-state index is 0.185. The molecule has 0 spiro atoms. The van der Waals surface area contributed by atoms with Crippen molar-refractivity contribution < 1.29 is 4.79 Å². The molecule has 1 saturated carbocycles. The Morgan fingerprint density at radius 3 is 2.20 bits per heavy atom. The van der Waals surface area contributed by atoms with Gasteiger partial charge in [-0.15, -0.1) is 0 Å². The Hall–Kier alpha value is -1.31. The Labute approximate surface area is 90.7 Å². The molecule has 0 bridgehead atoms. The van der Waals surface area contributed by atoms with Crippen molar-refractivity contribution in [1.29, 1.82) is 0 Å². The lowest BCUT2D eigenvalue weighted by Gasteiger charge is -2.12. The molecule has 80 valence electrons. The lowest BCUT2D eigenvalue weighted by molar-refractivity contribution is -0.117. The van der Waals surface area contributed by atoms with Crippen LogP contribution in [-0.4, -0.2) is 5.91 Å². The van der Waals surface area contributed by atoms with Crippen LogP contribution in [0.2, 0.25) is 0 Å². The van der Waals surface area contributed by atoms with E-state index in [0.717, 1.165) is 29.7 Å². The molecular formula is C13H17NO. The summed E-state index contributed by atoms with van der Waals surface area (Å²) in [6.07, 6.45) is 2.10. The number of aryl methyl sites for hydroxylation is 3. The normalized spacial score (nSPS) is 15.1. The number of rotatable bonds is 2. The lowest BCUT2D eigenvalue weighted by atomic mass is 10.0. The summed E-state index contributed by atoms with van der Waals surface area (Å²) in [5, 5.41) is 3.03. The van der Waals surface area contributed by atoms with E-state index in [9.17, 15) is 4.79 Å². The van der Waals surface area contributed by atoms with Crippen LogP contribution in [0.5, 0.6) is 0 Å². The van der Waals surface area contributed by atoms with Gasteiger partial charge in [-0.05, 0) is 44.7 Å². The fourth-order valence-corrected chi connectivity index (χ4v) is 1.95. The van der Waals surface area contributed by atoms with Gasteiger partial charge in [0.2, 0.25) is 5.91 Å². The molecule has 0 radical (unpaired) electrons. The first kappa shape index (κ1) is 10.2. The fourth-order valence-electron chi connectivity index (χ4n) is 1.95. The van der Waals surface area contributed by atoms with Gasteiger partial charge in [0.15, 0.2) is 0 Å². The number of benzene rings is 1. The number of carbonyl (C=O) groups excluding carboxylic acids is 1. The fraction of sp³-hybridized carbons (Fsp3) is 0.462. The number of hydrogen-bond acceptors (Lipinski definition) is 1. The van der Waals surface area contributed by atoms with Gasteiger partial charge in [0.05, 0.1) is 0 Å². The van der Waals surface area contributed by atoms with E-state index >= 15 is 0 Å². The van der Waals surface area contributed by atoms with Crippen LogP contribution >= 0.6 is 0 Å². The highest BCUT2D eigenvalue weighted by molar-refractivity contribution is 5.95. The van der Waals surface area contributed by atoms with Crippen LogP contribution in [-0.2, 0) is 4.79 Å². The smallest absolute Gasteiger partial charge is 0.227 e. The van der Waals surface area contributed by atoms with E-state index in [4.69, 9.17) is 0 Å². The molecule has 0 heterocycles. The molecule has 0 saturated heterocycles. The molecule has 2 rings (SSSR count). The van der Waals surface area contributed by atoms with E-state index in [2.05, 4.69) is 24.4 Å². The quantitative estimate of drug-likeness (QED) is 0.786. The van der Waals surface area contributed by atoms with Gasteiger partial charge in [-0.25, -0.2) is 0 Å². The number of nitrogens with one attached hydrogen (secondary N) is 1. The molecule has 1 aromatic rings. The number of anilines is 1. The van der Waals surface area contributed by atoms with Crippen LogP contribution in [0.3, 0.4) is 0 Å². The maximum absolute atomic E-state index is 11.7. The third kappa shape index (κ3) is 2.20. The zero-order valence-corrected chi connectivity index (χ0v) is 9.55. The summed E-state index contributed by atoms with van der Waals surface area (Å²) in [5.74, 6) is 0.454. The minimum absolute atomic E-state index is 0.185. The summed E-state index contributed by atoms with van der Waals surface area (Å²) < 4.78 is 0. The third-order valence-corrected chi connectivity index (χ3v) is 2.87. The summed E-state index contributed by atoms with van der Waals surface area (Å²) in [7, 11) is 0. The Morgan fingerprint density at radius 2 is 1.73 bits per heavy atom. The summed E-state index contributed by atoms with van der Waals surface area (Å²) in [6.45, 7) is 6.16. The standard InChI is InChI=1S/C13H17NO/c1-8-6-9(2)12(10(3)7-8)14-13(15)11-4-5-11/h6-7,11H,4-5H2,1-3H3,(H,14,15). The lowest BCUT2D eigenvalue weighted by Crippen LogP contribution is -2.15. The first-order valence-corrected chi connectivity index (χ1v) is 5.46. The first-order valence-electron chi connectivity index (χ1n) is 5.46.